The monoisotopic (exact) mass is 609 g/mol. The van der Waals surface area contributed by atoms with E-state index in [1.165, 1.54) is 36.8 Å². The van der Waals surface area contributed by atoms with Crippen LogP contribution in [0.1, 0.15) is 23.4 Å². The molecule has 0 bridgehead atoms. The number of thioether (sulfide) groups is 1. The summed E-state index contributed by atoms with van der Waals surface area (Å²) in [6.07, 6.45) is 10.0. The highest BCUT2D eigenvalue weighted by molar-refractivity contribution is 7.98. The second kappa shape index (κ2) is 15.0. The molecule has 9 N–H and O–H groups in total. The standard InChI is InChI=1S/C28H35N9O5S/c1-43-7-6-22(26(39)37-24(28(41)42)10-18-13-31-15-34-18)35-27(40)23(9-17-12-30-14-33-17)36-25(38)20(29)8-16-11-32-21-5-3-2-4-19(16)21/h2-5,11-15,20,22-24,32H,6-10,29H2,1H3,(H,30,33)(H,31,34)(H,35,40)(H,36,38)(H,37,39)(H,41,42). The van der Waals surface area contributed by atoms with Crippen LogP contribution in [0.25, 0.3) is 10.9 Å². The number of carbonyl (C=O) groups excluding carboxylic acids is 3. The normalized spacial score (nSPS) is 14.0. The van der Waals surface area contributed by atoms with Crippen LogP contribution in [0.5, 0.6) is 0 Å². The minimum atomic E-state index is -1.25. The maximum absolute atomic E-state index is 13.6. The minimum Gasteiger partial charge on any atom is -0.480 e. The fraction of sp³-hybridized carbons (Fsp3) is 0.357. The molecule has 43 heavy (non-hydrogen) atoms. The number of imidazole rings is 2. The van der Waals surface area contributed by atoms with Crippen LogP contribution in [0, 0.1) is 0 Å². The summed E-state index contributed by atoms with van der Waals surface area (Å²) in [7, 11) is 0. The molecule has 4 aromatic rings. The second-order valence-electron chi connectivity index (χ2n) is 10.0. The Balaban J connectivity index is 1.45. The molecule has 0 aliphatic heterocycles. The van der Waals surface area contributed by atoms with Crippen LogP contribution in [0.2, 0.25) is 0 Å². The number of carboxylic acids is 1. The molecule has 0 aliphatic rings. The number of hydrogen-bond acceptors (Lipinski definition) is 8. The SMILES string of the molecule is CSCCC(NC(=O)C(Cc1cnc[nH]1)NC(=O)C(N)Cc1c[nH]c2ccccc12)C(=O)NC(Cc1cnc[nH]1)C(=O)O. The highest BCUT2D eigenvalue weighted by Gasteiger charge is 2.31. The number of H-pyrrole nitrogens is 3. The first-order chi connectivity index (χ1) is 20.7. The molecule has 0 fully saturated rings. The summed E-state index contributed by atoms with van der Waals surface area (Å²) >= 11 is 1.47. The van der Waals surface area contributed by atoms with Crippen molar-refractivity contribution in [1.29, 1.82) is 0 Å². The third-order valence-electron chi connectivity index (χ3n) is 6.90. The van der Waals surface area contributed by atoms with Crippen molar-refractivity contribution in [2.45, 2.75) is 49.9 Å². The molecule has 14 nitrogen and oxygen atoms in total. The predicted molar refractivity (Wildman–Crippen MR) is 161 cm³/mol. The summed E-state index contributed by atoms with van der Waals surface area (Å²) < 4.78 is 0. The first-order valence-electron chi connectivity index (χ1n) is 13.6. The number of nitrogens with two attached hydrogens (primary N) is 1. The maximum Gasteiger partial charge on any atom is 0.326 e. The zero-order chi connectivity index (χ0) is 30.8. The Labute approximate surface area is 251 Å². The van der Waals surface area contributed by atoms with Gasteiger partial charge in [-0.25, -0.2) is 14.8 Å². The number of nitrogens with zero attached hydrogens (tertiary/aromatic N) is 2. The lowest BCUT2D eigenvalue weighted by Gasteiger charge is -2.25. The molecule has 3 aromatic heterocycles. The average Bonchev–Trinajstić information content (AvgIpc) is 3.78. The average molecular weight is 610 g/mol. The van der Waals surface area contributed by atoms with Crippen LogP contribution in [-0.2, 0) is 38.4 Å². The van der Waals surface area contributed by atoms with Crippen molar-refractivity contribution in [2.24, 2.45) is 5.73 Å². The number of benzene rings is 1. The molecule has 0 saturated carbocycles. The third kappa shape index (κ3) is 8.68. The zero-order valence-electron chi connectivity index (χ0n) is 23.5. The van der Waals surface area contributed by atoms with E-state index in [1.807, 2.05) is 30.5 Å². The number of para-hydroxylation sites is 1. The molecule has 0 radical (unpaired) electrons. The van der Waals surface area contributed by atoms with Crippen LogP contribution in [-0.4, -0.2) is 89.9 Å². The first kappa shape index (κ1) is 31.3. The lowest BCUT2D eigenvalue weighted by atomic mass is 10.0. The van der Waals surface area contributed by atoms with Crippen molar-refractivity contribution in [3.8, 4) is 0 Å². The van der Waals surface area contributed by atoms with E-state index >= 15 is 0 Å². The van der Waals surface area contributed by atoms with Crippen LogP contribution < -0.4 is 21.7 Å². The van der Waals surface area contributed by atoms with E-state index in [0.29, 0.717) is 17.1 Å². The Kier molecular flexibility index (Phi) is 10.9. The highest BCUT2D eigenvalue weighted by atomic mass is 32.2. The van der Waals surface area contributed by atoms with Gasteiger partial charge < -0.3 is 41.7 Å². The van der Waals surface area contributed by atoms with E-state index in [-0.39, 0.29) is 25.7 Å². The van der Waals surface area contributed by atoms with Gasteiger partial charge in [0.05, 0.1) is 18.7 Å². The Morgan fingerprint density at radius 2 is 1.47 bits per heavy atom. The Hall–Kier alpha value is -4.63. The van der Waals surface area contributed by atoms with Gasteiger partial charge in [0.15, 0.2) is 0 Å². The number of carbonyl (C=O) groups is 4. The number of fused-ring (bicyclic) bond motifs is 1. The molecule has 15 heteroatoms. The van der Waals surface area contributed by atoms with Crippen LogP contribution in [0.4, 0.5) is 0 Å². The molecule has 228 valence electrons. The van der Waals surface area contributed by atoms with Crippen molar-refractivity contribution >= 4 is 46.4 Å². The lowest BCUT2D eigenvalue weighted by molar-refractivity contribution is -0.142. The topological polar surface area (TPSA) is 224 Å². The number of hydrogen-bond donors (Lipinski definition) is 8. The van der Waals surface area contributed by atoms with Gasteiger partial charge in [0, 0.05) is 53.7 Å². The van der Waals surface area contributed by atoms with Gasteiger partial charge in [-0.15, -0.1) is 0 Å². The fourth-order valence-electron chi connectivity index (χ4n) is 4.60. The number of aliphatic carboxylic acids is 1. The lowest BCUT2D eigenvalue weighted by Crippen LogP contribution is -2.58. The quantitative estimate of drug-likeness (QED) is 0.0871. The van der Waals surface area contributed by atoms with Gasteiger partial charge in [0.25, 0.3) is 0 Å². The predicted octanol–water partition coefficient (Wildman–Crippen LogP) is 0.261. The van der Waals surface area contributed by atoms with Crippen LogP contribution in [0.3, 0.4) is 0 Å². The Morgan fingerprint density at radius 1 is 0.860 bits per heavy atom. The van der Waals surface area contributed by atoms with Crippen LogP contribution >= 0.6 is 11.8 Å². The Bertz CT molecular complexity index is 1510. The van der Waals surface area contributed by atoms with Gasteiger partial charge in [0.1, 0.15) is 18.1 Å². The molecule has 4 atom stereocenters. The molecule has 1 aromatic carbocycles. The summed E-state index contributed by atoms with van der Waals surface area (Å²) in [5, 5.41) is 18.6. The summed E-state index contributed by atoms with van der Waals surface area (Å²) in [5.41, 5.74) is 9.17. The number of aromatic amines is 3. The van der Waals surface area contributed by atoms with E-state index in [1.54, 1.807) is 6.20 Å². The zero-order valence-corrected chi connectivity index (χ0v) is 24.3. The van der Waals surface area contributed by atoms with Crippen molar-refractivity contribution in [1.82, 2.24) is 40.9 Å². The highest BCUT2D eigenvalue weighted by Crippen LogP contribution is 2.19. The summed E-state index contributed by atoms with van der Waals surface area (Å²) in [6, 6.07) is 3.32. The van der Waals surface area contributed by atoms with Gasteiger partial charge in [0.2, 0.25) is 17.7 Å². The van der Waals surface area contributed by atoms with Crippen LogP contribution in [0.15, 0.2) is 55.5 Å². The molecule has 4 rings (SSSR count). The molecule has 0 aliphatic carbocycles. The summed E-state index contributed by atoms with van der Waals surface area (Å²) in [5.74, 6) is -2.53. The largest absolute Gasteiger partial charge is 0.480 e. The molecule has 0 spiro atoms. The van der Waals surface area contributed by atoms with Gasteiger partial charge in [-0.2, -0.15) is 11.8 Å². The number of amides is 3. The van der Waals surface area contributed by atoms with E-state index in [4.69, 9.17) is 5.73 Å². The second-order valence-corrected chi connectivity index (χ2v) is 11.0. The van der Waals surface area contributed by atoms with Gasteiger partial charge in [-0.1, -0.05) is 18.2 Å². The molecule has 0 saturated heterocycles. The van der Waals surface area contributed by atoms with Crippen molar-refractivity contribution < 1.29 is 24.3 Å². The van der Waals surface area contributed by atoms with Crippen molar-refractivity contribution in [3.63, 3.8) is 0 Å². The number of rotatable bonds is 16. The van der Waals surface area contributed by atoms with E-state index < -0.39 is 47.9 Å². The maximum atomic E-state index is 13.6. The fourth-order valence-corrected chi connectivity index (χ4v) is 5.07. The third-order valence-corrected chi connectivity index (χ3v) is 7.54. The molecule has 4 unspecified atom stereocenters. The molecule has 3 heterocycles. The van der Waals surface area contributed by atoms with Gasteiger partial charge >= 0.3 is 5.97 Å². The molecule has 3 amide bonds. The van der Waals surface area contributed by atoms with Crippen molar-refractivity contribution in [2.75, 3.05) is 12.0 Å². The summed E-state index contributed by atoms with van der Waals surface area (Å²) in [4.78, 5) is 68.6. The number of nitrogens with one attached hydrogen (secondary N) is 6. The smallest absolute Gasteiger partial charge is 0.326 e. The minimum absolute atomic E-state index is 0.0168. The van der Waals surface area contributed by atoms with E-state index in [0.717, 1.165) is 16.5 Å². The molecular formula is C28H35N9O5S. The first-order valence-corrected chi connectivity index (χ1v) is 15.0. The Morgan fingerprint density at radius 3 is 2.09 bits per heavy atom. The van der Waals surface area contributed by atoms with E-state index in [2.05, 4.69) is 40.9 Å². The number of carboxylic acid groups (broad SMARTS) is 1. The van der Waals surface area contributed by atoms with E-state index in [9.17, 15) is 24.3 Å². The van der Waals surface area contributed by atoms with Gasteiger partial charge in [-0.3, -0.25) is 14.4 Å². The van der Waals surface area contributed by atoms with Gasteiger partial charge in [-0.05, 0) is 36.5 Å². The molecular weight excluding hydrogens is 574 g/mol. The summed E-state index contributed by atoms with van der Waals surface area (Å²) in [6.45, 7) is 0. The van der Waals surface area contributed by atoms with Crippen molar-refractivity contribution in [3.05, 3.63) is 72.5 Å². The number of aromatic nitrogens is 5.